The summed E-state index contributed by atoms with van der Waals surface area (Å²) in [4.78, 5) is 14.6. The molecule has 1 N–H and O–H groups in total. The molecule has 0 saturated carbocycles. The molecule has 2 saturated heterocycles. The summed E-state index contributed by atoms with van der Waals surface area (Å²) in [5.74, 6) is 0.227. The van der Waals surface area contributed by atoms with E-state index in [1.165, 1.54) is 5.56 Å². The molecule has 0 unspecified atom stereocenters. The monoisotopic (exact) mass is 274 g/mol. The highest BCUT2D eigenvalue weighted by atomic mass is 16.5. The maximum absolute atomic E-state index is 12.5. The fourth-order valence-corrected chi connectivity index (χ4v) is 3.15. The van der Waals surface area contributed by atoms with E-state index in [2.05, 4.69) is 17.4 Å². The Hall–Kier alpha value is -1.39. The number of morpholine rings is 1. The van der Waals surface area contributed by atoms with Crippen molar-refractivity contribution in [3.8, 4) is 0 Å². The second-order valence-corrected chi connectivity index (χ2v) is 5.56. The van der Waals surface area contributed by atoms with Gasteiger partial charge in [0.2, 0.25) is 5.91 Å². The van der Waals surface area contributed by atoms with Crippen LogP contribution in [-0.2, 0) is 9.53 Å². The lowest BCUT2D eigenvalue weighted by molar-refractivity contribution is -0.135. The van der Waals surface area contributed by atoms with Gasteiger partial charge in [0.25, 0.3) is 0 Å². The lowest BCUT2D eigenvalue weighted by atomic mass is 10.0. The number of hydrogen-bond donors (Lipinski definition) is 1. The number of ether oxygens (including phenoxy) is 1. The molecule has 4 heteroatoms. The van der Waals surface area contributed by atoms with Gasteiger partial charge in [-0.25, -0.2) is 0 Å². The lowest BCUT2D eigenvalue weighted by Gasteiger charge is -2.29. The molecule has 0 radical (unpaired) electrons. The number of likely N-dealkylation sites (tertiary alicyclic amines) is 1. The number of rotatable bonds is 3. The molecular weight excluding hydrogens is 252 g/mol. The summed E-state index contributed by atoms with van der Waals surface area (Å²) in [6, 6.07) is 10.6. The standard InChI is InChI=1S/C16H22N2O2/c19-16(11-14-12-17-8-10-20-14)18-9-4-7-15(18)13-5-2-1-3-6-13/h1-3,5-6,14-15,17H,4,7-12H2/t14-,15+/m1/s1. The Morgan fingerprint density at radius 3 is 2.95 bits per heavy atom. The van der Waals surface area contributed by atoms with E-state index in [9.17, 15) is 4.79 Å². The Morgan fingerprint density at radius 1 is 1.35 bits per heavy atom. The van der Waals surface area contributed by atoms with Crippen LogP contribution in [0.1, 0.15) is 30.9 Å². The van der Waals surface area contributed by atoms with E-state index >= 15 is 0 Å². The topological polar surface area (TPSA) is 41.6 Å². The van der Waals surface area contributed by atoms with Gasteiger partial charge in [-0.15, -0.1) is 0 Å². The van der Waals surface area contributed by atoms with Gasteiger partial charge in [-0.05, 0) is 18.4 Å². The summed E-state index contributed by atoms with van der Waals surface area (Å²) in [7, 11) is 0. The summed E-state index contributed by atoms with van der Waals surface area (Å²) in [6.45, 7) is 3.26. The second kappa shape index (κ2) is 6.37. The van der Waals surface area contributed by atoms with Crippen LogP contribution >= 0.6 is 0 Å². The van der Waals surface area contributed by atoms with E-state index in [1.807, 2.05) is 23.1 Å². The molecular formula is C16H22N2O2. The van der Waals surface area contributed by atoms with E-state index in [1.54, 1.807) is 0 Å². The van der Waals surface area contributed by atoms with Crippen LogP contribution in [0.25, 0.3) is 0 Å². The van der Waals surface area contributed by atoms with Crippen molar-refractivity contribution in [2.75, 3.05) is 26.2 Å². The van der Waals surface area contributed by atoms with Crippen molar-refractivity contribution in [1.82, 2.24) is 10.2 Å². The minimum atomic E-state index is 0.0354. The predicted molar refractivity (Wildman–Crippen MR) is 77.4 cm³/mol. The zero-order valence-corrected chi connectivity index (χ0v) is 11.8. The quantitative estimate of drug-likeness (QED) is 0.912. The molecule has 0 aliphatic carbocycles. The van der Waals surface area contributed by atoms with Gasteiger partial charge < -0.3 is 15.0 Å². The summed E-state index contributed by atoms with van der Waals surface area (Å²) in [5, 5.41) is 3.28. The van der Waals surface area contributed by atoms with E-state index in [-0.39, 0.29) is 18.1 Å². The molecule has 1 aromatic rings. The SMILES string of the molecule is O=C(C[C@@H]1CNCCO1)N1CCC[C@H]1c1ccccc1. The summed E-state index contributed by atoms with van der Waals surface area (Å²) in [6.07, 6.45) is 2.69. The van der Waals surface area contributed by atoms with Crippen molar-refractivity contribution in [3.63, 3.8) is 0 Å². The predicted octanol–water partition coefficient (Wildman–Crippen LogP) is 1.73. The van der Waals surface area contributed by atoms with Gasteiger partial charge in [-0.2, -0.15) is 0 Å². The number of nitrogens with one attached hydrogen (secondary N) is 1. The third-order valence-corrected chi connectivity index (χ3v) is 4.16. The van der Waals surface area contributed by atoms with Gasteiger partial charge in [0, 0.05) is 19.6 Å². The first-order chi connectivity index (χ1) is 9.84. The minimum absolute atomic E-state index is 0.0354. The van der Waals surface area contributed by atoms with Crippen molar-refractivity contribution in [1.29, 1.82) is 0 Å². The largest absolute Gasteiger partial charge is 0.375 e. The minimum Gasteiger partial charge on any atom is -0.375 e. The van der Waals surface area contributed by atoms with Crippen molar-refractivity contribution >= 4 is 5.91 Å². The highest BCUT2D eigenvalue weighted by Crippen LogP contribution is 2.32. The van der Waals surface area contributed by atoms with Crippen LogP contribution in [0.4, 0.5) is 0 Å². The number of amides is 1. The van der Waals surface area contributed by atoms with Crippen LogP contribution < -0.4 is 5.32 Å². The molecule has 2 heterocycles. The fraction of sp³-hybridized carbons (Fsp3) is 0.562. The van der Waals surface area contributed by atoms with Crippen LogP contribution in [-0.4, -0.2) is 43.2 Å². The molecule has 2 aliphatic heterocycles. The molecule has 2 aliphatic rings. The van der Waals surface area contributed by atoms with Gasteiger partial charge in [0.15, 0.2) is 0 Å². The zero-order valence-electron chi connectivity index (χ0n) is 11.8. The average Bonchev–Trinajstić information content (AvgIpc) is 2.99. The third kappa shape index (κ3) is 3.02. The van der Waals surface area contributed by atoms with Gasteiger partial charge in [-0.3, -0.25) is 4.79 Å². The number of carbonyl (C=O) groups is 1. The van der Waals surface area contributed by atoms with Crippen LogP contribution in [0, 0.1) is 0 Å². The molecule has 4 nitrogen and oxygen atoms in total. The Morgan fingerprint density at radius 2 is 2.20 bits per heavy atom. The first kappa shape index (κ1) is 13.6. The Bertz CT molecular complexity index is 443. The summed E-state index contributed by atoms with van der Waals surface area (Å²) >= 11 is 0. The van der Waals surface area contributed by atoms with E-state index in [0.29, 0.717) is 13.0 Å². The van der Waals surface area contributed by atoms with Gasteiger partial charge in [-0.1, -0.05) is 30.3 Å². The second-order valence-electron chi connectivity index (χ2n) is 5.56. The maximum atomic E-state index is 12.5. The molecule has 2 fully saturated rings. The Kier molecular flexibility index (Phi) is 4.33. The Balaban J connectivity index is 1.64. The highest BCUT2D eigenvalue weighted by Gasteiger charge is 2.31. The molecule has 1 amide bonds. The molecule has 0 aromatic heterocycles. The Labute approximate surface area is 120 Å². The van der Waals surface area contributed by atoms with Crippen LogP contribution in [0.15, 0.2) is 30.3 Å². The number of carbonyl (C=O) groups excluding carboxylic acids is 1. The van der Waals surface area contributed by atoms with Crippen LogP contribution in [0.2, 0.25) is 0 Å². The van der Waals surface area contributed by atoms with E-state index < -0.39 is 0 Å². The van der Waals surface area contributed by atoms with Crippen LogP contribution in [0.3, 0.4) is 0 Å². The lowest BCUT2D eigenvalue weighted by Crippen LogP contribution is -2.42. The number of benzene rings is 1. The van der Waals surface area contributed by atoms with Gasteiger partial charge in [0.1, 0.15) is 0 Å². The zero-order chi connectivity index (χ0) is 13.8. The van der Waals surface area contributed by atoms with E-state index in [0.717, 1.165) is 32.5 Å². The smallest absolute Gasteiger partial charge is 0.225 e. The molecule has 0 bridgehead atoms. The molecule has 20 heavy (non-hydrogen) atoms. The fourth-order valence-electron chi connectivity index (χ4n) is 3.15. The van der Waals surface area contributed by atoms with Crippen LogP contribution in [0.5, 0.6) is 0 Å². The van der Waals surface area contributed by atoms with Crippen molar-refractivity contribution in [3.05, 3.63) is 35.9 Å². The van der Waals surface area contributed by atoms with Crippen molar-refractivity contribution < 1.29 is 9.53 Å². The molecule has 3 rings (SSSR count). The molecule has 1 aromatic carbocycles. The molecule has 2 atom stereocenters. The first-order valence-corrected chi connectivity index (χ1v) is 7.51. The number of nitrogens with zero attached hydrogens (tertiary/aromatic N) is 1. The number of hydrogen-bond acceptors (Lipinski definition) is 3. The van der Waals surface area contributed by atoms with E-state index in [4.69, 9.17) is 4.74 Å². The van der Waals surface area contributed by atoms with Gasteiger partial charge >= 0.3 is 0 Å². The average molecular weight is 274 g/mol. The highest BCUT2D eigenvalue weighted by molar-refractivity contribution is 5.77. The molecule has 0 spiro atoms. The van der Waals surface area contributed by atoms with Crippen molar-refractivity contribution in [2.45, 2.75) is 31.4 Å². The normalized spacial score (nSPS) is 26.7. The van der Waals surface area contributed by atoms with Crippen molar-refractivity contribution in [2.24, 2.45) is 0 Å². The third-order valence-electron chi connectivity index (χ3n) is 4.16. The molecule has 108 valence electrons. The summed E-state index contributed by atoms with van der Waals surface area (Å²) < 4.78 is 5.64. The maximum Gasteiger partial charge on any atom is 0.225 e. The van der Waals surface area contributed by atoms with Gasteiger partial charge in [0.05, 0.1) is 25.2 Å². The first-order valence-electron chi connectivity index (χ1n) is 7.51. The summed E-state index contributed by atoms with van der Waals surface area (Å²) in [5.41, 5.74) is 1.25.